The number of halogens is 1. The molecule has 3 heterocycles. The largest absolute Gasteiger partial charge is 0.342 e. The molecule has 3 aromatic rings. The molecule has 2 unspecified atom stereocenters. The third-order valence-electron chi connectivity index (χ3n) is 6.72. The SMILES string of the molecule is O=C(C1CCCN(S(=O)(=O)c2ccccc2)C1)N1CCCC(c2nc(-c3cccc(F)c3)no2)C1. The van der Waals surface area contributed by atoms with Gasteiger partial charge in [-0.1, -0.05) is 35.5 Å². The number of carbonyl (C=O) groups excluding carboxylic acids is 1. The highest BCUT2D eigenvalue weighted by Crippen LogP contribution is 2.31. The van der Waals surface area contributed by atoms with Crippen LogP contribution >= 0.6 is 0 Å². The summed E-state index contributed by atoms with van der Waals surface area (Å²) in [5.41, 5.74) is 0.533. The number of nitrogens with zero attached hydrogens (tertiary/aromatic N) is 4. The molecular weight excluding hydrogens is 471 g/mol. The van der Waals surface area contributed by atoms with Gasteiger partial charge in [0.05, 0.1) is 16.7 Å². The van der Waals surface area contributed by atoms with Crippen LogP contribution in [0.3, 0.4) is 0 Å². The van der Waals surface area contributed by atoms with Crippen molar-refractivity contribution in [3.63, 3.8) is 0 Å². The first-order valence-electron chi connectivity index (χ1n) is 11.9. The van der Waals surface area contributed by atoms with Crippen molar-refractivity contribution >= 4 is 15.9 Å². The lowest BCUT2D eigenvalue weighted by Gasteiger charge is -2.37. The summed E-state index contributed by atoms with van der Waals surface area (Å²) in [5, 5.41) is 4.00. The molecule has 2 aromatic carbocycles. The van der Waals surface area contributed by atoms with Crippen molar-refractivity contribution < 1.29 is 22.1 Å². The number of likely N-dealkylation sites (tertiary alicyclic amines) is 1. The Morgan fingerprint density at radius 3 is 2.60 bits per heavy atom. The highest BCUT2D eigenvalue weighted by atomic mass is 32.2. The molecule has 8 nitrogen and oxygen atoms in total. The minimum atomic E-state index is -3.64. The fraction of sp³-hybridized carbons (Fsp3) is 0.400. The average molecular weight is 499 g/mol. The van der Waals surface area contributed by atoms with Crippen molar-refractivity contribution in [3.05, 3.63) is 66.3 Å². The van der Waals surface area contributed by atoms with E-state index in [1.165, 1.54) is 16.4 Å². The maximum Gasteiger partial charge on any atom is 0.243 e. The molecular formula is C25H27FN4O4S. The molecule has 0 N–H and O–H groups in total. The monoisotopic (exact) mass is 498 g/mol. The van der Waals surface area contributed by atoms with Gasteiger partial charge in [0.2, 0.25) is 27.6 Å². The summed E-state index contributed by atoms with van der Waals surface area (Å²) in [7, 11) is -3.64. The molecule has 5 rings (SSSR count). The van der Waals surface area contributed by atoms with E-state index in [4.69, 9.17) is 4.52 Å². The molecule has 0 spiro atoms. The van der Waals surface area contributed by atoms with Gasteiger partial charge in [-0.25, -0.2) is 12.8 Å². The van der Waals surface area contributed by atoms with Crippen molar-refractivity contribution in [1.29, 1.82) is 0 Å². The maximum atomic E-state index is 13.6. The summed E-state index contributed by atoms with van der Waals surface area (Å²) >= 11 is 0. The molecule has 2 aliphatic heterocycles. The minimum Gasteiger partial charge on any atom is -0.342 e. The first-order chi connectivity index (χ1) is 16.9. The Hall–Kier alpha value is -3.11. The summed E-state index contributed by atoms with van der Waals surface area (Å²) < 4.78 is 46.6. The molecule has 10 heteroatoms. The van der Waals surface area contributed by atoms with Crippen molar-refractivity contribution in [1.82, 2.24) is 19.3 Å². The number of hydrogen-bond acceptors (Lipinski definition) is 6. The van der Waals surface area contributed by atoms with E-state index in [0.29, 0.717) is 49.8 Å². The van der Waals surface area contributed by atoms with Crippen molar-refractivity contribution in [2.24, 2.45) is 5.92 Å². The van der Waals surface area contributed by atoms with E-state index >= 15 is 0 Å². The number of sulfonamides is 1. The van der Waals surface area contributed by atoms with Crippen LogP contribution in [-0.2, 0) is 14.8 Å². The third kappa shape index (κ3) is 4.99. The molecule has 184 valence electrons. The normalized spacial score (nSPS) is 21.7. The Labute approximate surface area is 203 Å². The Bertz CT molecular complexity index is 1300. The van der Waals surface area contributed by atoms with E-state index in [0.717, 1.165) is 12.8 Å². The average Bonchev–Trinajstić information content (AvgIpc) is 3.40. The summed E-state index contributed by atoms with van der Waals surface area (Å²) in [6.45, 7) is 1.64. The van der Waals surface area contributed by atoms with Gasteiger partial charge in [0.25, 0.3) is 0 Å². The Morgan fingerprint density at radius 1 is 1.00 bits per heavy atom. The summed E-state index contributed by atoms with van der Waals surface area (Å²) in [6, 6.07) is 14.3. The molecule has 1 aromatic heterocycles. The Balaban J connectivity index is 1.26. The summed E-state index contributed by atoms with van der Waals surface area (Å²) in [4.78, 5) is 19.9. The van der Waals surface area contributed by atoms with Crippen molar-refractivity contribution in [2.45, 2.75) is 36.5 Å². The predicted octanol–water partition coefficient (Wildman–Crippen LogP) is 3.68. The molecule has 2 aliphatic rings. The molecule has 1 amide bonds. The quantitative estimate of drug-likeness (QED) is 0.532. The van der Waals surface area contributed by atoms with Gasteiger partial charge in [-0.05, 0) is 49.9 Å². The highest BCUT2D eigenvalue weighted by Gasteiger charge is 2.37. The van der Waals surface area contributed by atoms with Gasteiger partial charge >= 0.3 is 0 Å². The van der Waals surface area contributed by atoms with E-state index in [-0.39, 0.29) is 35.0 Å². The molecule has 0 radical (unpaired) electrons. The van der Waals surface area contributed by atoms with Crippen molar-refractivity contribution in [3.8, 4) is 11.4 Å². The smallest absolute Gasteiger partial charge is 0.243 e. The van der Waals surface area contributed by atoms with Gasteiger partial charge in [-0.15, -0.1) is 0 Å². The Kier molecular flexibility index (Phi) is 6.66. The van der Waals surface area contributed by atoms with E-state index in [2.05, 4.69) is 10.1 Å². The topological polar surface area (TPSA) is 96.6 Å². The fourth-order valence-electron chi connectivity index (χ4n) is 4.89. The minimum absolute atomic E-state index is 0.0347. The molecule has 2 saturated heterocycles. The number of benzene rings is 2. The van der Waals surface area contributed by atoms with Crippen LogP contribution in [0, 0.1) is 11.7 Å². The lowest BCUT2D eigenvalue weighted by molar-refractivity contribution is -0.138. The van der Waals surface area contributed by atoms with Crippen LogP contribution in [0.1, 0.15) is 37.5 Å². The fourth-order valence-corrected chi connectivity index (χ4v) is 6.43. The number of piperidine rings is 2. The van der Waals surface area contributed by atoms with Gasteiger partial charge in [-0.2, -0.15) is 9.29 Å². The first-order valence-corrected chi connectivity index (χ1v) is 13.3. The van der Waals surface area contributed by atoms with E-state index in [9.17, 15) is 17.6 Å². The standard InChI is InChI=1S/C25H27FN4O4S/c26-21-10-4-7-18(15-21)23-27-24(34-28-23)19-8-5-13-29(16-19)25(31)20-9-6-14-30(17-20)35(32,33)22-11-2-1-3-12-22/h1-4,7,10-12,15,19-20H,5-6,8-9,13-14,16-17H2. The van der Waals surface area contributed by atoms with Crippen LogP contribution in [0.25, 0.3) is 11.4 Å². The lowest BCUT2D eigenvalue weighted by Crippen LogP contribution is -2.48. The van der Waals surface area contributed by atoms with Crippen LogP contribution in [0.15, 0.2) is 64.0 Å². The summed E-state index contributed by atoms with van der Waals surface area (Å²) in [6.07, 6.45) is 2.88. The van der Waals surface area contributed by atoms with Crippen LogP contribution in [0.4, 0.5) is 4.39 Å². The number of amides is 1. The molecule has 0 saturated carbocycles. The third-order valence-corrected chi connectivity index (χ3v) is 8.60. The number of aromatic nitrogens is 2. The second-order valence-electron chi connectivity index (χ2n) is 9.11. The van der Waals surface area contributed by atoms with Gasteiger partial charge in [-0.3, -0.25) is 4.79 Å². The van der Waals surface area contributed by atoms with E-state index in [1.54, 1.807) is 47.4 Å². The molecule has 35 heavy (non-hydrogen) atoms. The zero-order valence-corrected chi connectivity index (χ0v) is 20.0. The number of hydrogen-bond donors (Lipinski definition) is 0. The van der Waals surface area contributed by atoms with Gasteiger partial charge < -0.3 is 9.42 Å². The number of carbonyl (C=O) groups is 1. The Morgan fingerprint density at radius 2 is 1.80 bits per heavy atom. The van der Waals surface area contributed by atoms with Crippen LogP contribution in [-0.4, -0.2) is 59.8 Å². The second kappa shape index (κ2) is 9.87. The molecule has 0 aliphatic carbocycles. The lowest BCUT2D eigenvalue weighted by atomic mass is 9.93. The zero-order chi connectivity index (χ0) is 24.4. The van der Waals surface area contributed by atoms with E-state index < -0.39 is 10.0 Å². The van der Waals surface area contributed by atoms with Crippen LogP contribution < -0.4 is 0 Å². The van der Waals surface area contributed by atoms with Gasteiger partial charge in [0.15, 0.2) is 0 Å². The van der Waals surface area contributed by atoms with Gasteiger partial charge in [0.1, 0.15) is 5.82 Å². The van der Waals surface area contributed by atoms with Crippen molar-refractivity contribution in [2.75, 3.05) is 26.2 Å². The maximum absolute atomic E-state index is 13.6. The van der Waals surface area contributed by atoms with E-state index in [1.807, 2.05) is 0 Å². The van der Waals surface area contributed by atoms with Crippen LogP contribution in [0.5, 0.6) is 0 Å². The zero-order valence-electron chi connectivity index (χ0n) is 19.2. The molecule has 2 atom stereocenters. The predicted molar refractivity (Wildman–Crippen MR) is 126 cm³/mol. The molecule has 2 fully saturated rings. The molecule has 0 bridgehead atoms. The second-order valence-corrected chi connectivity index (χ2v) is 11.0. The van der Waals surface area contributed by atoms with Gasteiger partial charge in [0, 0.05) is 31.7 Å². The van der Waals surface area contributed by atoms with Crippen LogP contribution in [0.2, 0.25) is 0 Å². The number of rotatable bonds is 5. The highest BCUT2D eigenvalue weighted by molar-refractivity contribution is 7.89. The summed E-state index contributed by atoms with van der Waals surface area (Å²) in [5.74, 6) is -0.163. The first kappa shape index (κ1) is 23.6.